The third kappa shape index (κ3) is 3.72. The molecule has 1 saturated carbocycles. The van der Waals surface area contributed by atoms with Crippen LogP contribution in [-0.4, -0.2) is 29.9 Å². The molecule has 1 fully saturated rings. The molecule has 1 aliphatic carbocycles. The van der Waals surface area contributed by atoms with Gasteiger partial charge in [0.25, 0.3) is 0 Å². The first-order valence-corrected chi connectivity index (χ1v) is 8.22. The number of hydrogen-bond acceptors (Lipinski definition) is 5. The molecule has 1 aromatic carbocycles. The lowest BCUT2D eigenvalue weighted by molar-refractivity contribution is -0.134. The van der Waals surface area contributed by atoms with Crippen LogP contribution in [0.4, 0.5) is 5.69 Å². The van der Waals surface area contributed by atoms with Crippen LogP contribution in [0, 0.1) is 5.41 Å². The smallest absolute Gasteiger partial charge is 0.337 e. The summed E-state index contributed by atoms with van der Waals surface area (Å²) in [5, 5.41) is 5.52. The Morgan fingerprint density at radius 1 is 1.15 bits per heavy atom. The van der Waals surface area contributed by atoms with Crippen molar-refractivity contribution in [2.24, 2.45) is 5.41 Å². The maximum absolute atomic E-state index is 12.6. The Morgan fingerprint density at radius 3 is 2.62 bits per heavy atom. The van der Waals surface area contributed by atoms with E-state index >= 15 is 0 Å². The molecule has 1 heterocycles. The van der Waals surface area contributed by atoms with Crippen molar-refractivity contribution in [1.82, 2.24) is 10.3 Å². The van der Waals surface area contributed by atoms with Gasteiger partial charge in [0.2, 0.25) is 11.8 Å². The number of methoxy groups -OCH3 is 1. The zero-order chi connectivity index (χ0) is 18.6. The van der Waals surface area contributed by atoms with Crippen molar-refractivity contribution < 1.29 is 19.1 Å². The number of nitrogens with one attached hydrogen (secondary N) is 2. The first-order valence-electron chi connectivity index (χ1n) is 8.22. The van der Waals surface area contributed by atoms with Crippen LogP contribution < -0.4 is 10.6 Å². The summed E-state index contributed by atoms with van der Waals surface area (Å²) in [5.41, 5.74) is 0.590. The molecule has 26 heavy (non-hydrogen) atoms. The molecule has 7 heteroatoms. The Labute approximate surface area is 150 Å². The Hall–Kier alpha value is -3.22. The number of rotatable bonds is 6. The van der Waals surface area contributed by atoms with Gasteiger partial charge in [-0.3, -0.25) is 14.6 Å². The molecule has 0 saturated heterocycles. The number of aromatic nitrogens is 1. The monoisotopic (exact) mass is 353 g/mol. The molecular weight excluding hydrogens is 334 g/mol. The second-order valence-electron chi connectivity index (χ2n) is 6.15. The largest absolute Gasteiger partial charge is 0.465 e. The SMILES string of the molecule is COC(=O)c1cccc(NC(=O)C2(C(=O)NCc3cccnc3)CC2)c1. The van der Waals surface area contributed by atoms with Crippen LogP contribution in [-0.2, 0) is 20.9 Å². The fourth-order valence-electron chi connectivity index (χ4n) is 2.63. The summed E-state index contributed by atoms with van der Waals surface area (Å²) in [6.45, 7) is 0.319. The van der Waals surface area contributed by atoms with Crippen molar-refractivity contribution in [3.63, 3.8) is 0 Å². The summed E-state index contributed by atoms with van der Waals surface area (Å²) in [4.78, 5) is 40.7. The minimum Gasteiger partial charge on any atom is -0.465 e. The van der Waals surface area contributed by atoms with E-state index in [0.717, 1.165) is 5.56 Å². The highest BCUT2D eigenvalue weighted by atomic mass is 16.5. The molecule has 134 valence electrons. The fraction of sp³-hybridized carbons (Fsp3) is 0.263. The van der Waals surface area contributed by atoms with Gasteiger partial charge in [-0.05, 0) is 42.7 Å². The molecule has 0 bridgehead atoms. The topological polar surface area (TPSA) is 97.4 Å². The number of pyridine rings is 1. The molecule has 2 amide bonds. The van der Waals surface area contributed by atoms with Crippen LogP contribution in [0.1, 0.15) is 28.8 Å². The van der Waals surface area contributed by atoms with Gasteiger partial charge in [-0.15, -0.1) is 0 Å². The van der Waals surface area contributed by atoms with Gasteiger partial charge in [-0.25, -0.2) is 4.79 Å². The van der Waals surface area contributed by atoms with E-state index < -0.39 is 11.4 Å². The van der Waals surface area contributed by atoms with Crippen LogP contribution in [0.15, 0.2) is 48.8 Å². The molecule has 1 aromatic heterocycles. The van der Waals surface area contributed by atoms with Gasteiger partial charge >= 0.3 is 5.97 Å². The fourth-order valence-corrected chi connectivity index (χ4v) is 2.63. The molecule has 7 nitrogen and oxygen atoms in total. The number of ether oxygens (including phenoxy) is 1. The lowest BCUT2D eigenvalue weighted by atomic mass is 10.0. The van der Waals surface area contributed by atoms with Crippen molar-refractivity contribution in [2.45, 2.75) is 19.4 Å². The number of carbonyl (C=O) groups is 3. The highest BCUT2D eigenvalue weighted by Crippen LogP contribution is 2.46. The van der Waals surface area contributed by atoms with Crippen molar-refractivity contribution in [3.05, 3.63) is 59.9 Å². The molecule has 0 radical (unpaired) electrons. The zero-order valence-corrected chi connectivity index (χ0v) is 14.3. The Bertz CT molecular complexity index is 832. The molecule has 0 spiro atoms. The van der Waals surface area contributed by atoms with Crippen LogP contribution >= 0.6 is 0 Å². The highest BCUT2D eigenvalue weighted by molar-refractivity contribution is 6.13. The summed E-state index contributed by atoms with van der Waals surface area (Å²) in [7, 11) is 1.29. The summed E-state index contributed by atoms with van der Waals surface area (Å²) in [5.74, 6) is -1.16. The van der Waals surface area contributed by atoms with Gasteiger partial charge in [-0.1, -0.05) is 12.1 Å². The van der Waals surface area contributed by atoms with Crippen LogP contribution in [0.5, 0.6) is 0 Å². The zero-order valence-electron chi connectivity index (χ0n) is 14.3. The second-order valence-corrected chi connectivity index (χ2v) is 6.15. The minimum absolute atomic E-state index is 0.303. The molecule has 0 atom stereocenters. The molecular formula is C19H19N3O4. The van der Waals surface area contributed by atoms with Crippen LogP contribution in [0.3, 0.4) is 0 Å². The summed E-state index contributed by atoms with van der Waals surface area (Å²) >= 11 is 0. The third-order valence-electron chi connectivity index (χ3n) is 4.34. The summed E-state index contributed by atoms with van der Waals surface area (Å²) < 4.78 is 4.67. The molecule has 2 N–H and O–H groups in total. The van der Waals surface area contributed by atoms with Gasteiger partial charge < -0.3 is 15.4 Å². The Balaban J connectivity index is 1.63. The van der Waals surface area contributed by atoms with E-state index in [4.69, 9.17) is 0 Å². The number of amides is 2. The predicted molar refractivity (Wildman–Crippen MR) is 94.2 cm³/mol. The van der Waals surface area contributed by atoms with Crippen molar-refractivity contribution in [1.29, 1.82) is 0 Å². The molecule has 0 aliphatic heterocycles. The minimum atomic E-state index is -1.05. The number of hydrogen-bond donors (Lipinski definition) is 2. The van der Waals surface area contributed by atoms with E-state index in [1.807, 2.05) is 6.07 Å². The summed E-state index contributed by atoms with van der Waals surface area (Å²) in [6, 6.07) is 10.1. The van der Waals surface area contributed by atoms with Gasteiger partial charge in [0.15, 0.2) is 0 Å². The average Bonchev–Trinajstić information content (AvgIpc) is 3.48. The number of anilines is 1. The molecule has 0 unspecified atom stereocenters. The van der Waals surface area contributed by atoms with Gasteiger partial charge in [-0.2, -0.15) is 0 Å². The maximum Gasteiger partial charge on any atom is 0.337 e. The first-order chi connectivity index (χ1) is 12.5. The van der Waals surface area contributed by atoms with Crippen molar-refractivity contribution in [2.75, 3.05) is 12.4 Å². The maximum atomic E-state index is 12.6. The number of esters is 1. The lowest BCUT2D eigenvalue weighted by Gasteiger charge is -2.15. The summed E-state index contributed by atoms with van der Waals surface area (Å²) in [6.07, 6.45) is 4.31. The molecule has 1 aliphatic rings. The third-order valence-corrected chi connectivity index (χ3v) is 4.34. The van der Waals surface area contributed by atoms with E-state index in [1.54, 1.807) is 36.7 Å². The van der Waals surface area contributed by atoms with Crippen molar-refractivity contribution in [3.8, 4) is 0 Å². The predicted octanol–water partition coefficient (Wildman–Crippen LogP) is 1.90. The Kier molecular flexibility index (Phi) is 4.97. The Morgan fingerprint density at radius 2 is 1.96 bits per heavy atom. The first kappa shape index (κ1) is 17.6. The standard InChI is InChI=1S/C19H19N3O4/c1-26-16(23)14-5-2-6-15(10-14)22-18(25)19(7-8-19)17(24)21-12-13-4-3-9-20-11-13/h2-6,9-11H,7-8,12H2,1H3,(H,21,24)(H,22,25). The second kappa shape index (κ2) is 7.35. The average molecular weight is 353 g/mol. The number of nitrogens with zero attached hydrogens (tertiary/aromatic N) is 1. The number of carbonyl (C=O) groups excluding carboxylic acids is 3. The normalized spacial score (nSPS) is 14.2. The quantitative estimate of drug-likeness (QED) is 0.611. The lowest BCUT2D eigenvalue weighted by Crippen LogP contribution is -2.39. The van der Waals surface area contributed by atoms with Gasteiger partial charge in [0.1, 0.15) is 5.41 Å². The van der Waals surface area contributed by atoms with Crippen LogP contribution in [0.25, 0.3) is 0 Å². The van der Waals surface area contributed by atoms with Crippen molar-refractivity contribution >= 4 is 23.5 Å². The van der Waals surface area contributed by atoms with E-state index in [1.165, 1.54) is 13.2 Å². The van der Waals surface area contributed by atoms with E-state index in [-0.39, 0.29) is 11.8 Å². The molecule has 3 rings (SSSR count). The van der Waals surface area contributed by atoms with E-state index in [2.05, 4.69) is 20.4 Å². The van der Waals surface area contributed by atoms with E-state index in [9.17, 15) is 14.4 Å². The van der Waals surface area contributed by atoms with E-state index in [0.29, 0.717) is 30.6 Å². The van der Waals surface area contributed by atoms with Crippen LogP contribution in [0.2, 0.25) is 0 Å². The van der Waals surface area contributed by atoms with Gasteiger partial charge in [0.05, 0.1) is 12.7 Å². The highest BCUT2D eigenvalue weighted by Gasteiger charge is 2.56. The number of benzene rings is 1. The molecule has 2 aromatic rings. The van der Waals surface area contributed by atoms with Gasteiger partial charge in [0, 0.05) is 24.6 Å².